The number of unbranched alkanes of at least 4 members (excludes halogenated alkanes) is 1. The highest BCUT2D eigenvalue weighted by molar-refractivity contribution is 5.77. The second kappa shape index (κ2) is 4.63. The topological polar surface area (TPSA) is 17.8 Å². The molecule has 0 radical (unpaired) electrons. The number of alkyl halides is 3. The second-order valence-electron chi connectivity index (χ2n) is 4.39. The van der Waals surface area contributed by atoms with Crippen molar-refractivity contribution in [2.45, 2.75) is 32.4 Å². The minimum Gasteiger partial charge on any atom is -0.331 e. The predicted octanol–water partition coefficient (Wildman–Crippen LogP) is 3.93. The fourth-order valence-corrected chi connectivity index (χ4v) is 1.98. The molecule has 0 N–H and O–H groups in total. The van der Waals surface area contributed by atoms with E-state index in [1.165, 1.54) is 6.07 Å². The molecule has 1 heterocycles. The van der Waals surface area contributed by atoms with Gasteiger partial charge in [0.15, 0.2) is 0 Å². The zero-order valence-electron chi connectivity index (χ0n) is 10.4. The Bertz CT molecular complexity index is 555. The van der Waals surface area contributed by atoms with Crippen LogP contribution in [0.3, 0.4) is 0 Å². The first-order valence-corrected chi connectivity index (χ1v) is 5.96. The van der Waals surface area contributed by atoms with Crippen molar-refractivity contribution >= 4 is 11.0 Å². The quantitative estimate of drug-likeness (QED) is 0.813. The van der Waals surface area contributed by atoms with Gasteiger partial charge in [-0.2, -0.15) is 13.2 Å². The number of imidazole rings is 1. The number of nitrogens with zero attached hydrogens (tertiary/aromatic N) is 2. The van der Waals surface area contributed by atoms with Crippen LogP contribution in [0.5, 0.6) is 0 Å². The maximum Gasteiger partial charge on any atom is 0.416 e. The maximum atomic E-state index is 12.6. The molecule has 0 spiro atoms. The first kappa shape index (κ1) is 12.9. The van der Waals surface area contributed by atoms with Gasteiger partial charge in [-0.15, -0.1) is 0 Å². The second-order valence-corrected chi connectivity index (χ2v) is 4.39. The molecule has 0 amide bonds. The number of hydrogen-bond donors (Lipinski definition) is 0. The van der Waals surface area contributed by atoms with Gasteiger partial charge in [0, 0.05) is 13.5 Å². The van der Waals surface area contributed by atoms with Crippen LogP contribution in [-0.2, 0) is 19.6 Å². The summed E-state index contributed by atoms with van der Waals surface area (Å²) in [6, 6.07) is 3.71. The fourth-order valence-electron chi connectivity index (χ4n) is 1.98. The molecule has 0 aliphatic rings. The lowest BCUT2D eigenvalue weighted by atomic mass is 10.2. The summed E-state index contributed by atoms with van der Waals surface area (Å²) in [6.45, 7) is 2.07. The molecule has 0 aliphatic heterocycles. The van der Waals surface area contributed by atoms with Crippen LogP contribution >= 0.6 is 0 Å². The van der Waals surface area contributed by atoms with Gasteiger partial charge in [-0.25, -0.2) is 4.98 Å². The third-order valence-corrected chi connectivity index (χ3v) is 3.05. The average Bonchev–Trinajstić information content (AvgIpc) is 2.62. The van der Waals surface area contributed by atoms with Crippen LogP contribution in [0.25, 0.3) is 11.0 Å². The van der Waals surface area contributed by atoms with E-state index in [1.54, 1.807) is 0 Å². The number of rotatable bonds is 3. The smallest absolute Gasteiger partial charge is 0.331 e. The van der Waals surface area contributed by atoms with Crippen molar-refractivity contribution in [2.24, 2.45) is 7.05 Å². The highest BCUT2D eigenvalue weighted by Gasteiger charge is 2.30. The largest absolute Gasteiger partial charge is 0.416 e. The molecule has 18 heavy (non-hydrogen) atoms. The summed E-state index contributed by atoms with van der Waals surface area (Å²) in [7, 11) is 1.84. The van der Waals surface area contributed by atoms with E-state index in [0.717, 1.165) is 42.7 Å². The molecular weight excluding hydrogens is 241 g/mol. The minimum absolute atomic E-state index is 0.415. The lowest BCUT2D eigenvalue weighted by Gasteiger charge is -2.05. The number of aryl methyl sites for hydroxylation is 2. The SMILES string of the molecule is CCCCc1nc2cc(C(F)(F)F)ccc2n1C. The van der Waals surface area contributed by atoms with Gasteiger partial charge in [0.25, 0.3) is 0 Å². The average molecular weight is 256 g/mol. The molecule has 5 heteroatoms. The van der Waals surface area contributed by atoms with Crippen molar-refractivity contribution in [1.82, 2.24) is 9.55 Å². The lowest BCUT2D eigenvalue weighted by molar-refractivity contribution is -0.137. The van der Waals surface area contributed by atoms with Gasteiger partial charge in [0.2, 0.25) is 0 Å². The highest BCUT2D eigenvalue weighted by atomic mass is 19.4. The molecule has 0 aliphatic carbocycles. The van der Waals surface area contributed by atoms with Crippen LogP contribution in [0.15, 0.2) is 18.2 Å². The summed E-state index contributed by atoms with van der Waals surface area (Å²) in [4.78, 5) is 4.29. The summed E-state index contributed by atoms with van der Waals surface area (Å²) >= 11 is 0. The number of halogens is 3. The van der Waals surface area contributed by atoms with E-state index < -0.39 is 11.7 Å². The van der Waals surface area contributed by atoms with Gasteiger partial charge in [-0.05, 0) is 24.6 Å². The van der Waals surface area contributed by atoms with Gasteiger partial charge in [-0.3, -0.25) is 0 Å². The number of benzene rings is 1. The van der Waals surface area contributed by atoms with Crippen LogP contribution < -0.4 is 0 Å². The molecule has 2 aromatic rings. The fraction of sp³-hybridized carbons (Fsp3) is 0.462. The van der Waals surface area contributed by atoms with Crippen molar-refractivity contribution in [3.63, 3.8) is 0 Å². The third-order valence-electron chi connectivity index (χ3n) is 3.05. The van der Waals surface area contributed by atoms with E-state index in [1.807, 2.05) is 11.6 Å². The Labute approximate surface area is 103 Å². The molecule has 0 saturated heterocycles. The highest BCUT2D eigenvalue weighted by Crippen LogP contribution is 2.31. The molecule has 2 nitrogen and oxygen atoms in total. The van der Waals surface area contributed by atoms with E-state index in [2.05, 4.69) is 11.9 Å². The third kappa shape index (κ3) is 2.35. The Morgan fingerprint density at radius 3 is 2.61 bits per heavy atom. The van der Waals surface area contributed by atoms with Crippen molar-refractivity contribution in [3.05, 3.63) is 29.6 Å². The summed E-state index contributed by atoms with van der Waals surface area (Å²) in [6.07, 6.45) is -1.49. The Hall–Kier alpha value is -1.52. The van der Waals surface area contributed by atoms with E-state index in [0.29, 0.717) is 5.52 Å². The van der Waals surface area contributed by atoms with Crippen molar-refractivity contribution in [1.29, 1.82) is 0 Å². The monoisotopic (exact) mass is 256 g/mol. The zero-order valence-corrected chi connectivity index (χ0v) is 10.4. The summed E-state index contributed by atoms with van der Waals surface area (Å²) in [5.41, 5.74) is 0.516. The number of fused-ring (bicyclic) bond motifs is 1. The van der Waals surface area contributed by atoms with Crippen LogP contribution in [0.2, 0.25) is 0 Å². The normalized spacial score (nSPS) is 12.3. The van der Waals surface area contributed by atoms with Gasteiger partial charge in [0.05, 0.1) is 16.6 Å². The van der Waals surface area contributed by atoms with Crippen LogP contribution in [0.1, 0.15) is 31.2 Å². The number of hydrogen-bond acceptors (Lipinski definition) is 1. The Morgan fingerprint density at radius 2 is 2.00 bits per heavy atom. The van der Waals surface area contributed by atoms with Crippen molar-refractivity contribution in [3.8, 4) is 0 Å². The molecule has 0 unspecified atom stereocenters. The zero-order chi connectivity index (χ0) is 13.3. The van der Waals surface area contributed by atoms with Gasteiger partial charge < -0.3 is 4.57 Å². The molecule has 0 fully saturated rings. The Morgan fingerprint density at radius 1 is 1.28 bits per heavy atom. The van der Waals surface area contributed by atoms with E-state index in [9.17, 15) is 13.2 Å². The standard InChI is InChI=1S/C13H15F3N2/c1-3-4-5-12-17-10-8-9(13(14,15)16)6-7-11(10)18(12)2/h6-8H,3-5H2,1-2H3. The molecule has 1 aromatic carbocycles. The lowest BCUT2D eigenvalue weighted by Crippen LogP contribution is -2.04. The molecule has 98 valence electrons. The molecule has 1 aromatic heterocycles. The minimum atomic E-state index is -4.31. The molecule has 0 atom stereocenters. The summed E-state index contributed by atoms with van der Waals surface area (Å²) in [5, 5.41) is 0. The predicted molar refractivity (Wildman–Crippen MR) is 64.3 cm³/mol. The number of aromatic nitrogens is 2. The van der Waals surface area contributed by atoms with Crippen molar-refractivity contribution < 1.29 is 13.2 Å². The molecule has 0 saturated carbocycles. The van der Waals surface area contributed by atoms with E-state index >= 15 is 0 Å². The maximum absolute atomic E-state index is 12.6. The first-order valence-electron chi connectivity index (χ1n) is 5.96. The van der Waals surface area contributed by atoms with E-state index in [4.69, 9.17) is 0 Å². The molecular formula is C13H15F3N2. The van der Waals surface area contributed by atoms with E-state index in [-0.39, 0.29) is 0 Å². The van der Waals surface area contributed by atoms with Crippen LogP contribution in [0.4, 0.5) is 13.2 Å². The summed E-state index contributed by atoms with van der Waals surface area (Å²) in [5.74, 6) is 0.839. The van der Waals surface area contributed by atoms with Crippen molar-refractivity contribution in [2.75, 3.05) is 0 Å². The Balaban J connectivity index is 2.45. The Kier molecular flexibility index (Phi) is 3.32. The van der Waals surface area contributed by atoms with Crippen LogP contribution in [0, 0.1) is 0 Å². The molecule has 2 rings (SSSR count). The van der Waals surface area contributed by atoms with Gasteiger partial charge >= 0.3 is 6.18 Å². The van der Waals surface area contributed by atoms with Crippen LogP contribution in [-0.4, -0.2) is 9.55 Å². The molecule has 0 bridgehead atoms. The van der Waals surface area contributed by atoms with Gasteiger partial charge in [-0.1, -0.05) is 13.3 Å². The summed E-state index contributed by atoms with van der Waals surface area (Å²) < 4.78 is 39.6. The van der Waals surface area contributed by atoms with Gasteiger partial charge in [0.1, 0.15) is 5.82 Å². The first-order chi connectivity index (χ1) is 8.43.